The third-order valence-electron chi connectivity index (χ3n) is 3.65. The monoisotopic (exact) mass is 261 g/mol. The van der Waals surface area contributed by atoms with Crippen LogP contribution in [-0.2, 0) is 11.3 Å². The number of hydrogen-bond acceptors (Lipinski definition) is 5. The maximum Gasteiger partial charge on any atom is 0.209 e. The molecule has 102 valence electrons. The highest BCUT2D eigenvalue weighted by Gasteiger charge is 2.21. The third kappa shape index (κ3) is 2.57. The Morgan fingerprint density at radius 2 is 2.42 bits per heavy atom. The third-order valence-corrected chi connectivity index (χ3v) is 3.65. The van der Waals surface area contributed by atoms with Gasteiger partial charge in [-0.1, -0.05) is 6.07 Å². The molecule has 1 aromatic carbocycles. The first-order valence-electron chi connectivity index (χ1n) is 6.65. The molecule has 5 heteroatoms. The Bertz CT molecular complexity index is 567. The fourth-order valence-electron chi connectivity index (χ4n) is 2.62. The number of nitrogens with zero attached hydrogens (tertiary/aromatic N) is 2. The second kappa shape index (κ2) is 5.19. The lowest BCUT2D eigenvalue weighted by Crippen LogP contribution is -2.38. The molecule has 0 amide bonds. The van der Waals surface area contributed by atoms with E-state index in [2.05, 4.69) is 9.88 Å². The van der Waals surface area contributed by atoms with Crippen molar-refractivity contribution in [1.29, 1.82) is 0 Å². The zero-order valence-electron chi connectivity index (χ0n) is 11.1. The van der Waals surface area contributed by atoms with Crippen LogP contribution in [0, 0.1) is 0 Å². The summed E-state index contributed by atoms with van der Waals surface area (Å²) in [5, 5.41) is 0. The molecule has 1 atom stereocenters. The molecular weight excluding hydrogens is 242 g/mol. The number of methoxy groups -OCH3 is 1. The highest BCUT2D eigenvalue weighted by molar-refractivity contribution is 5.85. The van der Waals surface area contributed by atoms with Gasteiger partial charge in [-0.2, -0.15) is 0 Å². The SMILES string of the molecule is COC1CCCN(Cc2nc3c(N)cccc3o2)C1. The van der Waals surface area contributed by atoms with E-state index in [1.165, 1.54) is 0 Å². The molecule has 5 nitrogen and oxygen atoms in total. The Balaban J connectivity index is 1.76. The van der Waals surface area contributed by atoms with Crippen molar-refractivity contribution in [1.82, 2.24) is 9.88 Å². The summed E-state index contributed by atoms with van der Waals surface area (Å²) in [5.41, 5.74) is 8.08. The first-order chi connectivity index (χ1) is 9.26. The van der Waals surface area contributed by atoms with Crippen LogP contribution in [0.1, 0.15) is 18.7 Å². The van der Waals surface area contributed by atoms with Gasteiger partial charge in [-0.05, 0) is 31.5 Å². The lowest BCUT2D eigenvalue weighted by atomic mass is 10.1. The Hall–Kier alpha value is -1.59. The molecule has 2 N–H and O–H groups in total. The molecule has 1 saturated heterocycles. The number of hydrogen-bond donors (Lipinski definition) is 1. The second-order valence-corrected chi connectivity index (χ2v) is 5.04. The van der Waals surface area contributed by atoms with Crippen molar-refractivity contribution in [3.05, 3.63) is 24.1 Å². The van der Waals surface area contributed by atoms with Crippen LogP contribution in [0.25, 0.3) is 11.1 Å². The van der Waals surface area contributed by atoms with Crippen molar-refractivity contribution < 1.29 is 9.15 Å². The highest BCUT2D eigenvalue weighted by Crippen LogP contribution is 2.23. The molecule has 19 heavy (non-hydrogen) atoms. The zero-order valence-corrected chi connectivity index (χ0v) is 11.1. The van der Waals surface area contributed by atoms with Crippen LogP contribution in [0.4, 0.5) is 5.69 Å². The predicted octanol–water partition coefficient (Wildman–Crippen LogP) is 2.02. The maximum atomic E-state index is 5.89. The van der Waals surface area contributed by atoms with Crippen molar-refractivity contribution in [2.24, 2.45) is 0 Å². The Kier molecular flexibility index (Phi) is 3.40. The summed E-state index contributed by atoms with van der Waals surface area (Å²) >= 11 is 0. The smallest absolute Gasteiger partial charge is 0.209 e. The van der Waals surface area contributed by atoms with Gasteiger partial charge in [0.1, 0.15) is 5.52 Å². The van der Waals surface area contributed by atoms with Crippen molar-refractivity contribution in [2.45, 2.75) is 25.5 Å². The van der Waals surface area contributed by atoms with Gasteiger partial charge in [-0.15, -0.1) is 0 Å². The minimum Gasteiger partial charge on any atom is -0.439 e. The fraction of sp³-hybridized carbons (Fsp3) is 0.500. The van der Waals surface area contributed by atoms with E-state index in [0.29, 0.717) is 18.3 Å². The summed E-state index contributed by atoms with van der Waals surface area (Å²) in [6, 6.07) is 5.63. The van der Waals surface area contributed by atoms with E-state index in [1.54, 1.807) is 7.11 Å². The van der Waals surface area contributed by atoms with Gasteiger partial charge in [-0.25, -0.2) is 4.98 Å². The Morgan fingerprint density at radius 1 is 1.53 bits per heavy atom. The van der Waals surface area contributed by atoms with Gasteiger partial charge in [0.25, 0.3) is 0 Å². The molecule has 1 fully saturated rings. The molecule has 3 rings (SSSR count). The summed E-state index contributed by atoms with van der Waals surface area (Å²) in [6.45, 7) is 2.72. The molecule has 1 aromatic heterocycles. The first kappa shape index (κ1) is 12.4. The molecule has 2 aromatic rings. The average molecular weight is 261 g/mol. The number of fused-ring (bicyclic) bond motifs is 1. The summed E-state index contributed by atoms with van der Waals surface area (Å²) < 4.78 is 11.2. The summed E-state index contributed by atoms with van der Waals surface area (Å²) in [4.78, 5) is 6.80. The van der Waals surface area contributed by atoms with Crippen molar-refractivity contribution in [3.8, 4) is 0 Å². The van der Waals surface area contributed by atoms with Gasteiger partial charge < -0.3 is 14.9 Å². The minimum atomic E-state index is 0.322. The number of likely N-dealkylation sites (tertiary alicyclic amines) is 1. The van der Waals surface area contributed by atoms with E-state index in [-0.39, 0.29) is 0 Å². The average Bonchev–Trinajstić information content (AvgIpc) is 2.83. The number of piperidine rings is 1. The number of rotatable bonds is 3. The lowest BCUT2D eigenvalue weighted by Gasteiger charge is -2.30. The highest BCUT2D eigenvalue weighted by atomic mass is 16.5. The lowest BCUT2D eigenvalue weighted by molar-refractivity contribution is 0.0259. The zero-order chi connectivity index (χ0) is 13.2. The van der Waals surface area contributed by atoms with Crippen LogP contribution in [0.5, 0.6) is 0 Å². The second-order valence-electron chi connectivity index (χ2n) is 5.04. The number of benzene rings is 1. The van der Waals surface area contributed by atoms with E-state index in [9.17, 15) is 0 Å². The van der Waals surface area contributed by atoms with Crippen LogP contribution in [-0.4, -0.2) is 36.2 Å². The maximum absolute atomic E-state index is 5.89. The van der Waals surface area contributed by atoms with Crippen molar-refractivity contribution in [3.63, 3.8) is 0 Å². The van der Waals surface area contributed by atoms with Gasteiger partial charge >= 0.3 is 0 Å². The van der Waals surface area contributed by atoms with Crippen molar-refractivity contribution >= 4 is 16.8 Å². The summed E-state index contributed by atoms with van der Waals surface area (Å²) in [5.74, 6) is 0.727. The van der Waals surface area contributed by atoms with E-state index >= 15 is 0 Å². The van der Waals surface area contributed by atoms with Gasteiger partial charge in [0.05, 0.1) is 18.3 Å². The number of nitrogen functional groups attached to an aromatic ring is 1. The Morgan fingerprint density at radius 3 is 3.21 bits per heavy atom. The molecule has 0 radical (unpaired) electrons. The normalized spacial score (nSPS) is 21.0. The number of aromatic nitrogens is 1. The molecule has 1 aliphatic heterocycles. The fourth-order valence-corrected chi connectivity index (χ4v) is 2.62. The molecular formula is C14H19N3O2. The van der Waals surface area contributed by atoms with E-state index in [4.69, 9.17) is 14.9 Å². The molecule has 1 aliphatic rings. The number of para-hydroxylation sites is 1. The predicted molar refractivity (Wildman–Crippen MR) is 73.7 cm³/mol. The molecule has 0 saturated carbocycles. The minimum absolute atomic E-state index is 0.322. The number of oxazole rings is 1. The van der Waals surface area contributed by atoms with Gasteiger partial charge in [0.15, 0.2) is 5.58 Å². The standard InChI is InChI=1S/C14H19N3O2/c1-18-10-4-3-7-17(8-10)9-13-16-14-11(15)5-2-6-12(14)19-13/h2,5-6,10H,3-4,7-9,15H2,1H3. The first-order valence-corrected chi connectivity index (χ1v) is 6.65. The number of anilines is 1. The molecule has 0 spiro atoms. The van der Waals surface area contributed by atoms with Crippen LogP contribution < -0.4 is 5.73 Å². The van der Waals surface area contributed by atoms with Gasteiger partial charge in [0, 0.05) is 13.7 Å². The van der Waals surface area contributed by atoms with Gasteiger partial charge in [0.2, 0.25) is 5.89 Å². The van der Waals surface area contributed by atoms with Crippen molar-refractivity contribution in [2.75, 3.05) is 25.9 Å². The molecule has 2 heterocycles. The van der Waals surface area contributed by atoms with Crippen LogP contribution >= 0.6 is 0 Å². The Labute approximate surface area is 112 Å². The van der Waals surface area contributed by atoms with Gasteiger partial charge in [-0.3, -0.25) is 4.90 Å². The quantitative estimate of drug-likeness (QED) is 0.856. The van der Waals surface area contributed by atoms with Crippen LogP contribution in [0.2, 0.25) is 0 Å². The molecule has 1 unspecified atom stereocenters. The topological polar surface area (TPSA) is 64.5 Å². The van der Waals surface area contributed by atoms with E-state index in [1.807, 2.05) is 18.2 Å². The number of nitrogens with two attached hydrogens (primary N) is 1. The van der Waals surface area contributed by atoms with Crippen LogP contribution in [0.3, 0.4) is 0 Å². The summed E-state index contributed by atoms with van der Waals surface area (Å²) in [6.07, 6.45) is 2.61. The largest absolute Gasteiger partial charge is 0.439 e. The summed E-state index contributed by atoms with van der Waals surface area (Å²) in [7, 11) is 1.77. The number of ether oxygens (including phenoxy) is 1. The van der Waals surface area contributed by atoms with E-state index < -0.39 is 0 Å². The molecule has 0 aliphatic carbocycles. The molecule has 0 bridgehead atoms. The van der Waals surface area contributed by atoms with E-state index in [0.717, 1.165) is 42.9 Å². The van der Waals surface area contributed by atoms with Crippen LogP contribution in [0.15, 0.2) is 22.6 Å².